The third-order valence-corrected chi connectivity index (χ3v) is 4.84. The molecule has 3 aliphatic rings. The Kier molecular flexibility index (Phi) is 3.37. The van der Waals surface area contributed by atoms with E-state index < -0.39 is 0 Å². The van der Waals surface area contributed by atoms with E-state index in [0.29, 0.717) is 17.9 Å². The first kappa shape index (κ1) is 11.5. The van der Waals surface area contributed by atoms with Gasteiger partial charge in [0.15, 0.2) is 0 Å². The average Bonchev–Trinajstić information content (AvgIpc) is 2.22. The fourth-order valence-corrected chi connectivity index (χ4v) is 3.09. The maximum Gasteiger partial charge on any atom is 0.225 e. The van der Waals surface area contributed by atoms with Crippen LogP contribution >= 0.6 is 0 Å². The molecule has 3 rings (SSSR count). The van der Waals surface area contributed by atoms with Crippen LogP contribution in [0.1, 0.15) is 51.4 Å². The summed E-state index contributed by atoms with van der Waals surface area (Å²) in [5.74, 6) is 0.824. The van der Waals surface area contributed by atoms with E-state index in [4.69, 9.17) is 0 Å². The SMILES string of the molecule is O=C(C1CCC1)N1CCC(NC2CCC2)CC1. The second-order valence-corrected chi connectivity index (χ2v) is 6.02. The highest BCUT2D eigenvalue weighted by atomic mass is 16.2. The number of piperidine rings is 1. The molecule has 0 atom stereocenters. The molecule has 0 spiro atoms. The summed E-state index contributed by atoms with van der Waals surface area (Å²) >= 11 is 0. The monoisotopic (exact) mass is 236 g/mol. The lowest BCUT2D eigenvalue weighted by molar-refractivity contribution is -0.139. The largest absolute Gasteiger partial charge is 0.342 e. The lowest BCUT2D eigenvalue weighted by atomic mass is 9.84. The first-order valence-electron chi connectivity index (χ1n) is 7.38. The quantitative estimate of drug-likeness (QED) is 0.812. The van der Waals surface area contributed by atoms with Gasteiger partial charge in [-0.1, -0.05) is 12.8 Å². The van der Waals surface area contributed by atoms with Crippen LogP contribution in [-0.4, -0.2) is 36.0 Å². The van der Waals surface area contributed by atoms with Gasteiger partial charge in [-0.15, -0.1) is 0 Å². The van der Waals surface area contributed by atoms with Crippen molar-refractivity contribution in [3.63, 3.8) is 0 Å². The predicted molar refractivity (Wildman–Crippen MR) is 67.7 cm³/mol. The van der Waals surface area contributed by atoms with Crippen molar-refractivity contribution in [1.82, 2.24) is 10.2 Å². The minimum atomic E-state index is 0.381. The molecule has 2 aliphatic carbocycles. The van der Waals surface area contributed by atoms with Gasteiger partial charge in [-0.2, -0.15) is 0 Å². The highest BCUT2D eigenvalue weighted by Crippen LogP contribution is 2.29. The molecule has 1 N–H and O–H groups in total. The maximum atomic E-state index is 12.1. The molecule has 1 heterocycles. The zero-order chi connectivity index (χ0) is 11.7. The topological polar surface area (TPSA) is 32.3 Å². The Morgan fingerprint density at radius 1 is 0.882 bits per heavy atom. The molecule has 0 aromatic carbocycles. The summed E-state index contributed by atoms with van der Waals surface area (Å²) in [4.78, 5) is 14.2. The predicted octanol–water partition coefficient (Wildman–Crippen LogP) is 1.92. The Morgan fingerprint density at radius 2 is 1.47 bits per heavy atom. The van der Waals surface area contributed by atoms with Crippen molar-refractivity contribution in [2.45, 2.75) is 63.5 Å². The van der Waals surface area contributed by atoms with Crippen LogP contribution in [0.5, 0.6) is 0 Å². The number of likely N-dealkylation sites (tertiary alicyclic amines) is 1. The number of amides is 1. The lowest BCUT2D eigenvalue weighted by Crippen LogP contribution is -2.50. The molecule has 1 aliphatic heterocycles. The second-order valence-electron chi connectivity index (χ2n) is 6.02. The molecule has 17 heavy (non-hydrogen) atoms. The van der Waals surface area contributed by atoms with Crippen LogP contribution < -0.4 is 5.32 Å². The summed E-state index contributed by atoms with van der Waals surface area (Å²) in [7, 11) is 0. The minimum absolute atomic E-state index is 0.381. The van der Waals surface area contributed by atoms with E-state index in [-0.39, 0.29) is 0 Å². The number of carbonyl (C=O) groups is 1. The Bertz CT molecular complexity index is 276. The second kappa shape index (κ2) is 4.97. The molecular weight excluding hydrogens is 212 g/mol. The molecule has 0 bridgehead atoms. The van der Waals surface area contributed by atoms with Crippen molar-refractivity contribution in [2.75, 3.05) is 13.1 Å². The molecule has 0 unspecified atom stereocenters. The van der Waals surface area contributed by atoms with Gasteiger partial charge in [-0.3, -0.25) is 4.79 Å². The molecule has 0 aromatic heterocycles. The number of rotatable bonds is 3. The molecule has 3 fully saturated rings. The van der Waals surface area contributed by atoms with Gasteiger partial charge >= 0.3 is 0 Å². The van der Waals surface area contributed by atoms with Crippen LogP contribution in [0.2, 0.25) is 0 Å². The molecule has 3 heteroatoms. The molecular formula is C14H24N2O. The zero-order valence-corrected chi connectivity index (χ0v) is 10.7. The van der Waals surface area contributed by atoms with Crippen molar-refractivity contribution in [3.05, 3.63) is 0 Å². The van der Waals surface area contributed by atoms with Gasteiger partial charge in [0, 0.05) is 31.1 Å². The van der Waals surface area contributed by atoms with E-state index in [0.717, 1.165) is 44.8 Å². The summed E-state index contributed by atoms with van der Waals surface area (Å²) in [6.07, 6.45) is 9.98. The van der Waals surface area contributed by atoms with Gasteiger partial charge in [0.2, 0.25) is 5.91 Å². The Balaban J connectivity index is 1.41. The third kappa shape index (κ3) is 2.49. The van der Waals surface area contributed by atoms with Gasteiger partial charge in [0.25, 0.3) is 0 Å². The van der Waals surface area contributed by atoms with E-state index in [2.05, 4.69) is 10.2 Å². The Hall–Kier alpha value is -0.570. The number of nitrogens with zero attached hydrogens (tertiary/aromatic N) is 1. The van der Waals surface area contributed by atoms with Crippen molar-refractivity contribution >= 4 is 5.91 Å². The Labute approximate surface area is 104 Å². The van der Waals surface area contributed by atoms with Crippen molar-refractivity contribution in [1.29, 1.82) is 0 Å². The highest BCUT2D eigenvalue weighted by molar-refractivity contribution is 5.79. The number of carbonyl (C=O) groups excluding carboxylic acids is 1. The standard InChI is InChI=1S/C14H24N2O/c17-14(11-3-1-4-11)16-9-7-13(8-10-16)15-12-5-2-6-12/h11-13,15H,1-10H2. The summed E-state index contributed by atoms with van der Waals surface area (Å²) in [5, 5.41) is 3.73. The number of hydrogen-bond acceptors (Lipinski definition) is 2. The first-order chi connectivity index (χ1) is 8.33. The first-order valence-corrected chi connectivity index (χ1v) is 7.38. The molecule has 1 amide bonds. The van der Waals surface area contributed by atoms with Gasteiger partial charge in [-0.05, 0) is 38.5 Å². The molecule has 96 valence electrons. The summed E-state index contributed by atoms with van der Waals surface area (Å²) in [5.41, 5.74) is 0. The van der Waals surface area contributed by atoms with Crippen molar-refractivity contribution in [3.8, 4) is 0 Å². The summed E-state index contributed by atoms with van der Waals surface area (Å²) in [6.45, 7) is 1.97. The molecule has 3 nitrogen and oxygen atoms in total. The van der Waals surface area contributed by atoms with E-state index in [1.54, 1.807) is 0 Å². The smallest absolute Gasteiger partial charge is 0.225 e. The molecule has 1 saturated heterocycles. The van der Waals surface area contributed by atoms with Crippen LogP contribution in [0.4, 0.5) is 0 Å². The van der Waals surface area contributed by atoms with Crippen LogP contribution in [0, 0.1) is 5.92 Å². The summed E-state index contributed by atoms with van der Waals surface area (Å²) in [6, 6.07) is 1.46. The fraction of sp³-hybridized carbons (Fsp3) is 0.929. The highest BCUT2D eigenvalue weighted by Gasteiger charge is 2.32. The van der Waals surface area contributed by atoms with E-state index in [1.165, 1.54) is 25.7 Å². The minimum Gasteiger partial charge on any atom is -0.342 e. The van der Waals surface area contributed by atoms with Crippen molar-refractivity contribution < 1.29 is 4.79 Å². The average molecular weight is 236 g/mol. The molecule has 2 saturated carbocycles. The van der Waals surface area contributed by atoms with Crippen LogP contribution in [0.25, 0.3) is 0 Å². The van der Waals surface area contributed by atoms with Crippen LogP contribution in [-0.2, 0) is 4.79 Å². The summed E-state index contributed by atoms with van der Waals surface area (Å²) < 4.78 is 0. The Morgan fingerprint density at radius 3 is 1.94 bits per heavy atom. The fourth-order valence-electron chi connectivity index (χ4n) is 3.09. The van der Waals surface area contributed by atoms with Crippen molar-refractivity contribution in [2.24, 2.45) is 5.92 Å². The molecule has 0 radical (unpaired) electrons. The van der Waals surface area contributed by atoms with E-state index in [1.807, 2.05) is 0 Å². The third-order valence-electron chi connectivity index (χ3n) is 4.84. The zero-order valence-electron chi connectivity index (χ0n) is 10.7. The van der Waals surface area contributed by atoms with Gasteiger partial charge in [0.1, 0.15) is 0 Å². The van der Waals surface area contributed by atoms with E-state index in [9.17, 15) is 4.79 Å². The normalized spacial score (nSPS) is 27.6. The van der Waals surface area contributed by atoms with Gasteiger partial charge in [0.05, 0.1) is 0 Å². The van der Waals surface area contributed by atoms with Gasteiger partial charge in [-0.25, -0.2) is 0 Å². The van der Waals surface area contributed by atoms with Crippen LogP contribution in [0.15, 0.2) is 0 Å². The number of nitrogens with one attached hydrogen (secondary N) is 1. The van der Waals surface area contributed by atoms with Crippen LogP contribution in [0.3, 0.4) is 0 Å². The maximum absolute atomic E-state index is 12.1. The van der Waals surface area contributed by atoms with Gasteiger partial charge < -0.3 is 10.2 Å². The number of hydrogen-bond donors (Lipinski definition) is 1. The van der Waals surface area contributed by atoms with E-state index >= 15 is 0 Å². The lowest BCUT2D eigenvalue weighted by Gasteiger charge is -2.39. The molecule has 0 aromatic rings.